The van der Waals surface area contributed by atoms with Gasteiger partial charge in [0.2, 0.25) is 11.8 Å². The maximum absolute atomic E-state index is 13.8. The molecule has 0 radical (unpaired) electrons. The van der Waals surface area contributed by atoms with Crippen LogP contribution in [0, 0.1) is 17.3 Å². The van der Waals surface area contributed by atoms with E-state index in [1.54, 1.807) is 17.2 Å². The molecule has 3 aromatic rings. The number of hydrogen-bond acceptors (Lipinski definition) is 8. The van der Waals surface area contributed by atoms with Crippen molar-refractivity contribution in [2.75, 3.05) is 25.0 Å². The fourth-order valence-electron chi connectivity index (χ4n) is 4.57. The molecule has 0 atom stereocenters. The van der Waals surface area contributed by atoms with E-state index in [2.05, 4.69) is 28.3 Å². The molecule has 0 aliphatic carbocycles. The highest BCUT2D eigenvalue weighted by molar-refractivity contribution is 5.96. The number of nitrogens with one attached hydrogen (secondary N) is 1. The van der Waals surface area contributed by atoms with E-state index in [1.807, 2.05) is 31.5 Å². The van der Waals surface area contributed by atoms with E-state index in [0.29, 0.717) is 55.3 Å². The summed E-state index contributed by atoms with van der Waals surface area (Å²) < 4.78 is 27.3. The number of carbonyl (C=O) groups excluding carboxylic acids is 1. The number of hydrogen-bond donors (Lipinski definition) is 1. The minimum atomic E-state index is -0.670. The number of nitrogens with zero attached hydrogens (tertiary/aromatic N) is 6. The molecule has 202 valence electrons. The van der Waals surface area contributed by atoms with Crippen molar-refractivity contribution < 1.29 is 18.7 Å². The second-order valence-corrected chi connectivity index (χ2v) is 10.5. The van der Waals surface area contributed by atoms with Crippen molar-refractivity contribution in [2.24, 2.45) is 0 Å². The van der Waals surface area contributed by atoms with Gasteiger partial charge >= 0.3 is 6.09 Å². The van der Waals surface area contributed by atoms with Crippen molar-refractivity contribution in [3.8, 4) is 11.9 Å². The van der Waals surface area contributed by atoms with Crippen molar-refractivity contribution in [1.29, 1.82) is 5.26 Å². The van der Waals surface area contributed by atoms with E-state index < -0.39 is 17.1 Å². The second-order valence-electron chi connectivity index (χ2n) is 10.5. The minimum absolute atomic E-state index is 0.198. The molecule has 0 bridgehead atoms. The van der Waals surface area contributed by atoms with Gasteiger partial charge in [0.15, 0.2) is 5.82 Å². The quantitative estimate of drug-likeness (QED) is 0.303. The SMILES string of the molecule is CCCCOc1nccc2c1c(Nc1ccnc(F)c1)nn2C1(CC#N)CCN(C(=O)OC(C)(C)C)CC1. The summed E-state index contributed by atoms with van der Waals surface area (Å²) in [5.41, 5.74) is -0.0484. The Balaban J connectivity index is 1.74. The molecular weight excluding hydrogens is 489 g/mol. The Morgan fingerprint density at radius 1 is 1.24 bits per heavy atom. The molecule has 38 heavy (non-hydrogen) atoms. The lowest BCUT2D eigenvalue weighted by atomic mass is 9.85. The standard InChI is InChI=1S/C27H34FN7O3/c1-5-6-17-37-24-22-20(8-14-31-24)35(33-23(22)32-19-7-13-30-21(28)18-19)27(9-12-29)10-15-34(16-11-27)25(36)38-26(2,3)4/h7-8,13-14,18H,5-6,9-11,15-17H2,1-4H3,(H,30,32,33). The number of pyridine rings is 2. The fraction of sp³-hybridized carbons (Fsp3) is 0.519. The maximum atomic E-state index is 13.8. The Morgan fingerprint density at radius 3 is 2.63 bits per heavy atom. The van der Waals surface area contributed by atoms with Crippen LogP contribution in [0.4, 0.5) is 20.7 Å². The molecule has 0 aromatic carbocycles. The van der Waals surface area contributed by atoms with Gasteiger partial charge in [-0.3, -0.25) is 4.68 Å². The molecule has 1 N–H and O–H groups in total. The van der Waals surface area contributed by atoms with Gasteiger partial charge in [0.1, 0.15) is 11.0 Å². The summed E-state index contributed by atoms with van der Waals surface area (Å²) in [6.45, 7) is 8.91. The molecular formula is C27H34FN7O3. The van der Waals surface area contributed by atoms with Crippen LogP contribution in [0.5, 0.6) is 5.88 Å². The zero-order valence-electron chi connectivity index (χ0n) is 22.3. The van der Waals surface area contributed by atoms with Crippen LogP contribution in [0.3, 0.4) is 0 Å². The first-order valence-electron chi connectivity index (χ1n) is 12.9. The van der Waals surface area contributed by atoms with Crippen LogP contribution in [-0.2, 0) is 10.3 Å². The third-order valence-electron chi connectivity index (χ3n) is 6.49. The number of unbranched alkanes of at least 4 members (excludes halogenated alkanes) is 1. The van der Waals surface area contributed by atoms with Crippen LogP contribution in [0.25, 0.3) is 10.9 Å². The van der Waals surface area contributed by atoms with Gasteiger partial charge in [0, 0.05) is 37.2 Å². The van der Waals surface area contributed by atoms with Crippen LogP contribution < -0.4 is 10.1 Å². The van der Waals surface area contributed by atoms with E-state index in [4.69, 9.17) is 14.6 Å². The predicted molar refractivity (Wildman–Crippen MR) is 141 cm³/mol. The van der Waals surface area contributed by atoms with Crippen molar-refractivity contribution in [3.63, 3.8) is 0 Å². The fourth-order valence-corrected chi connectivity index (χ4v) is 4.57. The van der Waals surface area contributed by atoms with Crippen molar-refractivity contribution in [3.05, 3.63) is 36.5 Å². The number of likely N-dealkylation sites (tertiary alicyclic amines) is 1. The van der Waals surface area contributed by atoms with Gasteiger partial charge in [0.25, 0.3) is 0 Å². The van der Waals surface area contributed by atoms with E-state index >= 15 is 0 Å². The monoisotopic (exact) mass is 523 g/mol. The molecule has 11 heteroatoms. The normalized spacial score (nSPS) is 15.2. The lowest BCUT2D eigenvalue weighted by molar-refractivity contribution is 0.0110. The first-order chi connectivity index (χ1) is 18.2. The average molecular weight is 524 g/mol. The van der Waals surface area contributed by atoms with Gasteiger partial charge in [-0.15, -0.1) is 0 Å². The van der Waals surface area contributed by atoms with E-state index in [-0.39, 0.29) is 12.5 Å². The Labute approximate surface area is 221 Å². The Morgan fingerprint density at radius 2 is 1.97 bits per heavy atom. The number of rotatable bonds is 8. The number of nitriles is 1. The van der Waals surface area contributed by atoms with E-state index in [1.165, 1.54) is 12.3 Å². The summed E-state index contributed by atoms with van der Waals surface area (Å²) in [6.07, 6.45) is 5.71. The second kappa shape index (κ2) is 11.2. The molecule has 1 amide bonds. The molecule has 3 aromatic heterocycles. The van der Waals surface area contributed by atoms with Gasteiger partial charge in [0.05, 0.1) is 30.2 Å². The van der Waals surface area contributed by atoms with E-state index in [0.717, 1.165) is 18.4 Å². The Hall–Kier alpha value is -3.94. The Kier molecular flexibility index (Phi) is 7.99. The molecule has 4 heterocycles. The van der Waals surface area contributed by atoms with Crippen LogP contribution in [-0.4, -0.2) is 56.0 Å². The third kappa shape index (κ3) is 5.96. The van der Waals surface area contributed by atoms with Gasteiger partial charge in [-0.1, -0.05) is 13.3 Å². The van der Waals surface area contributed by atoms with Gasteiger partial charge in [-0.05, 0) is 52.2 Å². The van der Waals surface area contributed by atoms with Gasteiger partial charge in [-0.25, -0.2) is 14.8 Å². The minimum Gasteiger partial charge on any atom is -0.477 e. The highest BCUT2D eigenvalue weighted by atomic mass is 19.1. The van der Waals surface area contributed by atoms with Crippen molar-refractivity contribution in [1.82, 2.24) is 24.6 Å². The number of aromatic nitrogens is 4. The summed E-state index contributed by atoms with van der Waals surface area (Å²) in [5.74, 6) is 0.237. The van der Waals surface area contributed by atoms with Crippen LogP contribution in [0.2, 0.25) is 0 Å². The Bertz CT molecular complexity index is 1320. The summed E-state index contributed by atoms with van der Waals surface area (Å²) >= 11 is 0. The zero-order valence-corrected chi connectivity index (χ0v) is 22.3. The smallest absolute Gasteiger partial charge is 0.410 e. The molecule has 0 spiro atoms. The van der Waals surface area contributed by atoms with Crippen LogP contribution in [0.15, 0.2) is 30.6 Å². The van der Waals surface area contributed by atoms with Crippen molar-refractivity contribution >= 4 is 28.5 Å². The van der Waals surface area contributed by atoms with Gasteiger partial charge < -0.3 is 19.7 Å². The number of halogens is 1. The lowest BCUT2D eigenvalue weighted by Crippen LogP contribution is -2.49. The zero-order chi connectivity index (χ0) is 27.3. The maximum Gasteiger partial charge on any atom is 0.410 e. The molecule has 1 fully saturated rings. The number of anilines is 2. The third-order valence-corrected chi connectivity index (χ3v) is 6.49. The van der Waals surface area contributed by atoms with E-state index in [9.17, 15) is 14.4 Å². The van der Waals surface area contributed by atoms with Gasteiger partial charge in [-0.2, -0.15) is 14.8 Å². The molecule has 1 saturated heterocycles. The summed E-state index contributed by atoms with van der Waals surface area (Å²) in [6, 6.07) is 7.09. The van der Waals surface area contributed by atoms with Crippen molar-refractivity contribution in [2.45, 2.75) is 70.9 Å². The molecule has 0 saturated carbocycles. The number of amides is 1. The largest absolute Gasteiger partial charge is 0.477 e. The number of carbonyl (C=O) groups is 1. The highest BCUT2D eigenvalue weighted by Gasteiger charge is 2.41. The van der Waals surface area contributed by atoms with Crippen LogP contribution in [0.1, 0.15) is 59.8 Å². The molecule has 10 nitrogen and oxygen atoms in total. The number of ether oxygens (including phenoxy) is 2. The topological polar surface area (TPSA) is 118 Å². The number of piperidine rings is 1. The first-order valence-corrected chi connectivity index (χ1v) is 12.9. The molecule has 4 rings (SSSR count). The summed E-state index contributed by atoms with van der Waals surface area (Å²) in [5, 5.41) is 18.6. The summed E-state index contributed by atoms with van der Waals surface area (Å²) in [4.78, 5) is 22.4. The van der Waals surface area contributed by atoms with Crippen LogP contribution >= 0.6 is 0 Å². The highest BCUT2D eigenvalue weighted by Crippen LogP contribution is 2.40. The average Bonchev–Trinajstić information content (AvgIpc) is 3.23. The number of fused-ring (bicyclic) bond motifs is 1. The molecule has 1 aliphatic rings. The predicted octanol–water partition coefficient (Wildman–Crippen LogP) is 5.53. The first kappa shape index (κ1) is 27.1. The summed E-state index contributed by atoms with van der Waals surface area (Å²) in [7, 11) is 0. The molecule has 0 unspecified atom stereocenters. The molecule has 1 aliphatic heterocycles. The lowest BCUT2D eigenvalue weighted by Gasteiger charge is -2.41.